The summed E-state index contributed by atoms with van der Waals surface area (Å²) in [5.74, 6) is 0. The smallest absolute Gasteiger partial charge is 0.00929 e. The minimum Gasteiger partial charge on any atom is -0.0984 e. The largest absolute Gasteiger partial charge is 0.0984 e. The molecule has 6 rings (SSSR count). The average Bonchev–Trinajstić information content (AvgIpc) is 3.36. The van der Waals surface area contributed by atoms with E-state index >= 15 is 0 Å². The normalized spacial score (nSPS) is 12.7. The summed E-state index contributed by atoms with van der Waals surface area (Å²) in [4.78, 5) is 0. The molecule has 228 valence electrons. The third kappa shape index (κ3) is 6.87. The van der Waals surface area contributed by atoms with Crippen LogP contribution in [-0.4, -0.2) is 0 Å². The lowest BCUT2D eigenvalue weighted by atomic mass is 9.89. The summed E-state index contributed by atoms with van der Waals surface area (Å²) in [5.41, 5.74) is 11.6. The van der Waals surface area contributed by atoms with Crippen LogP contribution in [0.5, 0.6) is 0 Å². The third-order valence-corrected chi connectivity index (χ3v) is 8.17. The molecule has 1 aliphatic carbocycles. The molecule has 0 unspecified atom stereocenters. The maximum Gasteiger partial charge on any atom is -0.00929 e. The van der Waals surface area contributed by atoms with Crippen LogP contribution < -0.4 is 0 Å². The molecule has 0 aliphatic heterocycles. The molecule has 0 spiro atoms. The Labute approximate surface area is 275 Å². The van der Waals surface area contributed by atoms with Crippen molar-refractivity contribution < 1.29 is 0 Å². The van der Waals surface area contributed by atoms with Crippen molar-refractivity contribution in [3.05, 3.63) is 169 Å². The molecule has 0 radical (unpaired) electrons. The van der Waals surface area contributed by atoms with Crippen LogP contribution in [0.2, 0.25) is 0 Å². The molecule has 0 saturated carbocycles. The van der Waals surface area contributed by atoms with Crippen molar-refractivity contribution in [2.45, 2.75) is 40.5 Å². The van der Waals surface area contributed by atoms with Gasteiger partial charge < -0.3 is 0 Å². The van der Waals surface area contributed by atoms with E-state index in [0.717, 1.165) is 34.3 Å². The molecule has 46 heavy (non-hydrogen) atoms. The maximum absolute atomic E-state index is 4.34. The van der Waals surface area contributed by atoms with Gasteiger partial charge in [0.2, 0.25) is 0 Å². The van der Waals surface area contributed by atoms with Crippen LogP contribution in [0.1, 0.15) is 62.8 Å². The van der Waals surface area contributed by atoms with E-state index in [0.29, 0.717) is 0 Å². The van der Waals surface area contributed by atoms with Gasteiger partial charge in [0, 0.05) is 0 Å². The lowest BCUT2D eigenvalue weighted by Gasteiger charge is -2.15. The van der Waals surface area contributed by atoms with E-state index in [2.05, 4.69) is 154 Å². The molecule has 0 atom stereocenters. The quantitative estimate of drug-likeness (QED) is 0.129. The Kier molecular flexibility index (Phi) is 10.6. The fourth-order valence-corrected chi connectivity index (χ4v) is 6.04. The molecule has 0 heteroatoms. The average molecular weight is 597 g/mol. The highest BCUT2D eigenvalue weighted by Gasteiger charge is 2.14. The van der Waals surface area contributed by atoms with Gasteiger partial charge in [0.05, 0.1) is 0 Å². The Bertz CT molecular complexity index is 2050. The second kappa shape index (κ2) is 15.2. The zero-order valence-electron chi connectivity index (χ0n) is 27.7. The Hall–Kier alpha value is -5.20. The highest BCUT2D eigenvalue weighted by atomic mass is 14.2. The first-order valence-corrected chi connectivity index (χ1v) is 16.4. The van der Waals surface area contributed by atoms with Crippen LogP contribution in [0.25, 0.3) is 67.1 Å². The van der Waals surface area contributed by atoms with Crippen LogP contribution in [0.4, 0.5) is 0 Å². The van der Waals surface area contributed by atoms with Crippen LogP contribution in [0.3, 0.4) is 0 Å². The number of hydrogen-bond donors (Lipinski definition) is 0. The summed E-state index contributed by atoms with van der Waals surface area (Å²) in [6, 6.07) is 31.3. The monoisotopic (exact) mass is 596 g/mol. The second-order valence-corrected chi connectivity index (χ2v) is 11.6. The van der Waals surface area contributed by atoms with Crippen LogP contribution in [0, 0.1) is 0 Å². The first-order valence-electron chi connectivity index (χ1n) is 16.4. The van der Waals surface area contributed by atoms with Crippen LogP contribution in [-0.2, 0) is 0 Å². The molecule has 5 aromatic carbocycles. The predicted octanol–water partition coefficient (Wildman–Crippen LogP) is 13.9. The lowest BCUT2D eigenvalue weighted by molar-refractivity contribution is 1.09. The van der Waals surface area contributed by atoms with Gasteiger partial charge in [-0.25, -0.2) is 0 Å². The Morgan fingerprint density at radius 3 is 1.98 bits per heavy atom. The molecular formula is C46H44. The zero-order valence-corrected chi connectivity index (χ0v) is 27.7. The van der Waals surface area contributed by atoms with Crippen molar-refractivity contribution in [1.82, 2.24) is 0 Å². The van der Waals surface area contributed by atoms with Gasteiger partial charge in [0.25, 0.3) is 0 Å². The molecule has 0 bridgehead atoms. The molecule has 0 fully saturated rings. The van der Waals surface area contributed by atoms with E-state index in [1.807, 2.05) is 32.1 Å². The second-order valence-electron chi connectivity index (χ2n) is 11.6. The summed E-state index contributed by atoms with van der Waals surface area (Å²) in [5, 5.41) is 5.18. The Morgan fingerprint density at radius 2 is 1.28 bits per heavy atom. The Morgan fingerprint density at radius 1 is 0.652 bits per heavy atom. The van der Waals surface area contributed by atoms with Crippen LogP contribution >= 0.6 is 0 Å². The highest BCUT2D eigenvalue weighted by Crippen LogP contribution is 2.39. The van der Waals surface area contributed by atoms with Crippen molar-refractivity contribution in [3.63, 3.8) is 0 Å². The van der Waals surface area contributed by atoms with Crippen molar-refractivity contribution in [2.24, 2.45) is 0 Å². The van der Waals surface area contributed by atoms with Gasteiger partial charge in [0.1, 0.15) is 0 Å². The van der Waals surface area contributed by atoms with Crippen molar-refractivity contribution in [2.75, 3.05) is 0 Å². The zero-order chi connectivity index (χ0) is 32.5. The van der Waals surface area contributed by atoms with Gasteiger partial charge in [-0.15, -0.1) is 0 Å². The molecule has 0 N–H and O–H groups in total. The predicted molar refractivity (Wildman–Crippen MR) is 208 cm³/mol. The third-order valence-electron chi connectivity index (χ3n) is 8.17. The van der Waals surface area contributed by atoms with Gasteiger partial charge in [-0.3, -0.25) is 0 Å². The fourth-order valence-electron chi connectivity index (χ4n) is 6.04. The minimum absolute atomic E-state index is 0.950. The molecule has 0 heterocycles. The van der Waals surface area contributed by atoms with Crippen molar-refractivity contribution >= 4 is 44.8 Å². The van der Waals surface area contributed by atoms with E-state index in [1.165, 1.54) is 55.8 Å². The summed E-state index contributed by atoms with van der Waals surface area (Å²) < 4.78 is 0. The maximum atomic E-state index is 4.34. The molecule has 5 aromatic rings. The number of fused-ring (bicyclic) bond motifs is 6. The lowest BCUT2D eigenvalue weighted by Crippen LogP contribution is -1.91. The fraction of sp³-hybridized carbons (Fsp3) is 0.130. The Balaban J connectivity index is 0.00000134. The van der Waals surface area contributed by atoms with E-state index < -0.39 is 0 Å². The van der Waals surface area contributed by atoms with Crippen molar-refractivity contribution in [3.8, 4) is 22.3 Å². The highest BCUT2D eigenvalue weighted by molar-refractivity contribution is 6.15. The summed E-state index contributed by atoms with van der Waals surface area (Å²) in [6.07, 6.45) is 23.5. The number of rotatable bonds is 7. The van der Waals surface area contributed by atoms with Crippen LogP contribution in [0.15, 0.2) is 147 Å². The molecule has 1 aliphatic rings. The molecule has 0 nitrogen and oxygen atoms in total. The molecule has 0 saturated heterocycles. The van der Waals surface area contributed by atoms with E-state index in [9.17, 15) is 0 Å². The summed E-state index contributed by atoms with van der Waals surface area (Å²) in [7, 11) is 0. The minimum atomic E-state index is 0.950. The van der Waals surface area contributed by atoms with Gasteiger partial charge in [-0.05, 0) is 128 Å². The first-order chi connectivity index (χ1) is 22.5. The van der Waals surface area contributed by atoms with E-state index in [1.54, 1.807) is 0 Å². The number of hydrogen-bond acceptors (Lipinski definition) is 0. The van der Waals surface area contributed by atoms with Gasteiger partial charge in [-0.1, -0.05) is 149 Å². The van der Waals surface area contributed by atoms with Gasteiger partial charge >= 0.3 is 0 Å². The van der Waals surface area contributed by atoms with E-state index in [-0.39, 0.29) is 0 Å². The molecule has 0 amide bonds. The molecular weight excluding hydrogens is 553 g/mol. The number of allylic oxidation sites excluding steroid dienone is 10. The summed E-state index contributed by atoms with van der Waals surface area (Å²) in [6.45, 7) is 16.7. The summed E-state index contributed by atoms with van der Waals surface area (Å²) >= 11 is 0. The topological polar surface area (TPSA) is 0 Å². The van der Waals surface area contributed by atoms with Gasteiger partial charge in [-0.2, -0.15) is 0 Å². The van der Waals surface area contributed by atoms with Gasteiger partial charge in [0.15, 0.2) is 0 Å². The standard InChI is InChI=1S/C43H36.C3H8/c1-5-8-16-31(7-3)36-26-35(30(4)15-6-2)27-37(28-36)33-18-14-17-32(25-33)34-23-24-42-40-22-13-12-21-38(40)39-19-10-9-11-20-41(39)43(42)29-34;1-3-2/h5-8,10-29H,3-4,9H2,1-2H3;3H2,1-2H3/b8-5-,15-6-,31-16+;. The number of benzene rings is 5. The molecule has 0 aromatic heterocycles. The first kappa shape index (κ1) is 32.2. The van der Waals surface area contributed by atoms with E-state index in [4.69, 9.17) is 0 Å². The SMILES string of the molecule is C=C/C(=C\C=C/C)c1cc(C(=C)/C=C\C)cc(-c2cccc(-c3ccc4c(c3)c3c(c5ccccc54)C=CCC=C3)c2)c1.CCC. The van der Waals surface area contributed by atoms with Crippen molar-refractivity contribution in [1.29, 1.82) is 0 Å².